The van der Waals surface area contributed by atoms with Gasteiger partial charge in [-0.3, -0.25) is 10.00 Å². The molecule has 10 heteroatoms. The Hall–Kier alpha value is -3.17. The molecule has 1 N–H and O–H groups in total. The molecule has 1 saturated heterocycles. The molecule has 10 nitrogen and oxygen atoms in total. The summed E-state index contributed by atoms with van der Waals surface area (Å²) >= 11 is 0. The van der Waals surface area contributed by atoms with Crippen LogP contribution in [0.1, 0.15) is 23.4 Å². The summed E-state index contributed by atoms with van der Waals surface area (Å²) in [6.07, 6.45) is 4.62. The van der Waals surface area contributed by atoms with Crippen LogP contribution in [0, 0.1) is 6.92 Å². The Labute approximate surface area is 162 Å². The molecule has 3 aromatic rings. The molecule has 2 amide bonds. The maximum absolute atomic E-state index is 12.8. The van der Waals surface area contributed by atoms with Crippen LogP contribution in [-0.2, 0) is 19.9 Å². The highest BCUT2D eigenvalue weighted by Crippen LogP contribution is 2.28. The standard InChI is InChI=1S/C18H23N9O/c1-12-10-15(27-17(21-12)19-11-20-27)25-6-8-26(9-7-25)18(28)22-16-13-4-3-5-14(13)23-24(16)2/h10-11H,3-9H2,1-2H3,(H,22,28). The summed E-state index contributed by atoms with van der Waals surface area (Å²) in [5, 5.41) is 11.9. The van der Waals surface area contributed by atoms with Crippen molar-refractivity contribution in [3.63, 3.8) is 0 Å². The predicted molar refractivity (Wildman–Crippen MR) is 104 cm³/mol. The number of carbonyl (C=O) groups is 1. The van der Waals surface area contributed by atoms with Gasteiger partial charge in [0, 0.05) is 50.6 Å². The van der Waals surface area contributed by atoms with Crippen molar-refractivity contribution < 1.29 is 4.79 Å². The number of carbonyl (C=O) groups excluding carboxylic acids is 1. The number of nitrogens with zero attached hydrogens (tertiary/aromatic N) is 8. The quantitative estimate of drug-likeness (QED) is 0.712. The lowest BCUT2D eigenvalue weighted by atomic mass is 10.2. The first kappa shape index (κ1) is 17.0. The fraction of sp³-hybridized carbons (Fsp3) is 0.500. The van der Waals surface area contributed by atoms with Crippen LogP contribution in [0.5, 0.6) is 0 Å². The Morgan fingerprint density at radius 2 is 2.00 bits per heavy atom. The van der Waals surface area contributed by atoms with Gasteiger partial charge in [-0.05, 0) is 26.2 Å². The van der Waals surface area contributed by atoms with E-state index in [-0.39, 0.29) is 6.03 Å². The summed E-state index contributed by atoms with van der Waals surface area (Å²) < 4.78 is 3.54. The smallest absolute Gasteiger partial charge is 0.323 e. The van der Waals surface area contributed by atoms with Crippen LogP contribution in [0.4, 0.5) is 16.4 Å². The zero-order valence-electron chi connectivity index (χ0n) is 16.1. The van der Waals surface area contributed by atoms with Crippen molar-refractivity contribution in [2.75, 3.05) is 36.4 Å². The Morgan fingerprint density at radius 3 is 2.82 bits per heavy atom. The number of rotatable bonds is 2. The maximum atomic E-state index is 12.8. The molecule has 0 unspecified atom stereocenters. The highest BCUT2D eigenvalue weighted by Gasteiger charge is 2.26. The summed E-state index contributed by atoms with van der Waals surface area (Å²) in [5.74, 6) is 2.40. The first-order chi connectivity index (χ1) is 13.6. The number of nitrogens with one attached hydrogen (secondary N) is 1. The number of aromatic nitrogens is 6. The number of piperazine rings is 1. The normalized spacial score (nSPS) is 16.6. The number of anilines is 2. The van der Waals surface area contributed by atoms with Gasteiger partial charge in [0.15, 0.2) is 0 Å². The average molecular weight is 381 g/mol. The largest absolute Gasteiger partial charge is 0.353 e. The number of amides is 2. The van der Waals surface area contributed by atoms with Crippen LogP contribution in [0.2, 0.25) is 0 Å². The van der Waals surface area contributed by atoms with Crippen molar-refractivity contribution in [3.05, 3.63) is 29.3 Å². The Morgan fingerprint density at radius 1 is 1.18 bits per heavy atom. The first-order valence-corrected chi connectivity index (χ1v) is 9.63. The minimum atomic E-state index is -0.0610. The van der Waals surface area contributed by atoms with Crippen LogP contribution in [0.3, 0.4) is 0 Å². The number of fused-ring (bicyclic) bond motifs is 2. The SMILES string of the molecule is Cc1cc(N2CCN(C(=O)Nc3c4c(nn3C)CCC4)CC2)n2ncnc2n1. The molecule has 28 heavy (non-hydrogen) atoms. The van der Waals surface area contributed by atoms with Crippen LogP contribution in [-0.4, -0.2) is 66.5 Å². The number of aryl methyl sites for hydroxylation is 3. The molecule has 146 valence electrons. The van der Waals surface area contributed by atoms with Crippen LogP contribution >= 0.6 is 0 Å². The van der Waals surface area contributed by atoms with E-state index in [0.717, 1.165) is 55.4 Å². The Bertz CT molecular complexity index is 1040. The van der Waals surface area contributed by atoms with Gasteiger partial charge in [0.1, 0.15) is 18.0 Å². The molecular weight excluding hydrogens is 358 g/mol. The molecule has 1 aliphatic carbocycles. The molecule has 5 rings (SSSR count). The van der Waals surface area contributed by atoms with Gasteiger partial charge in [-0.15, -0.1) is 0 Å². The van der Waals surface area contributed by atoms with E-state index in [4.69, 9.17) is 0 Å². The third-order valence-corrected chi connectivity index (χ3v) is 5.55. The first-order valence-electron chi connectivity index (χ1n) is 9.63. The number of urea groups is 1. The lowest BCUT2D eigenvalue weighted by Gasteiger charge is -2.35. The summed E-state index contributed by atoms with van der Waals surface area (Å²) in [5.41, 5.74) is 3.21. The van der Waals surface area contributed by atoms with E-state index >= 15 is 0 Å². The highest BCUT2D eigenvalue weighted by molar-refractivity contribution is 5.89. The second kappa shape index (κ2) is 6.47. The topological polar surface area (TPSA) is 96.5 Å². The molecule has 0 bridgehead atoms. The molecule has 3 aromatic heterocycles. The zero-order chi connectivity index (χ0) is 19.3. The molecule has 0 saturated carbocycles. The van der Waals surface area contributed by atoms with E-state index in [2.05, 4.69) is 30.4 Å². The molecule has 0 radical (unpaired) electrons. The van der Waals surface area contributed by atoms with Gasteiger partial charge in [-0.25, -0.2) is 9.78 Å². The fourth-order valence-electron chi connectivity index (χ4n) is 4.13. The van der Waals surface area contributed by atoms with Gasteiger partial charge in [0.05, 0.1) is 5.69 Å². The summed E-state index contributed by atoms with van der Waals surface area (Å²) in [7, 11) is 1.89. The van der Waals surface area contributed by atoms with E-state index in [9.17, 15) is 4.79 Å². The minimum absolute atomic E-state index is 0.0610. The molecular formula is C18H23N9O. The Balaban J connectivity index is 1.28. The van der Waals surface area contributed by atoms with E-state index < -0.39 is 0 Å². The van der Waals surface area contributed by atoms with Gasteiger partial charge in [0.2, 0.25) is 0 Å². The van der Waals surface area contributed by atoms with Crippen molar-refractivity contribution >= 4 is 23.4 Å². The van der Waals surface area contributed by atoms with Crippen molar-refractivity contribution in [1.82, 2.24) is 34.3 Å². The lowest BCUT2D eigenvalue weighted by molar-refractivity contribution is 0.207. The summed E-state index contributed by atoms with van der Waals surface area (Å²) in [6, 6.07) is 1.95. The molecule has 0 atom stereocenters. The van der Waals surface area contributed by atoms with Gasteiger partial charge < -0.3 is 9.80 Å². The number of hydrogen-bond donors (Lipinski definition) is 1. The molecule has 0 spiro atoms. The van der Waals surface area contributed by atoms with Crippen molar-refractivity contribution in [2.24, 2.45) is 7.05 Å². The molecule has 4 heterocycles. The molecule has 0 aromatic carbocycles. The average Bonchev–Trinajstić information content (AvgIpc) is 3.39. The third kappa shape index (κ3) is 2.76. The van der Waals surface area contributed by atoms with Crippen LogP contribution in [0.25, 0.3) is 5.78 Å². The van der Waals surface area contributed by atoms with Gasteiger partial charge in [-0.2, -0.15) is 19.7 Å². The zero-order valence-corrected chi connectivity index (χ0v) is 16.1. The maximum Gasteiger partial charge on any atom is 0.323 e. The van der Waals surface area contributed by atoms with E-state index in [1.165, 1.54) is 11.9 Å². The van der Waals surface area contributed by atoms with Crippen LogP contribution in [0.15, 0.2) is 12.4 Å². The third-order valence-electron chi connectivity index (χ3n) is 5.55. The van der Waals surface area contributed by atoms with E-state index in [0.29, 0.717) is 18.9 Å². The van der Waals surface area contributed by atoms with Crippen molar-refractivity contribution in [1.29, 1.82) is 0 Å². The highest BCUT2D eigenvalue weighted by atomic mass is 16.2. The number of hydrogen-bond acceptors (Lipinski definition) is 6. The monoisotopic (exact) mass is 381 g/mol. The summed E-state index contributed by atoms with van der Waals surface area (Å²) in [4.78, 5) is 25.5. The van der Waals surface area contributed by atoms with E-state index in [1.807, 2.05) is 24.9 Å². The minimum Gasteiger partial charge on any atom is -0.353 e. The second-order valence-electron chi connectivity index (χ2n) is 7.38. The Kier molecular flexibility index (Phi) is 3.92. The predicted octanol–water partition coefficient (Wildman–Crippen LogP) is 1.01. The van der Waals surface area contributed by atoms with Gasteiger partial charge >= 0.3 is 6.03 Å². The van der Waals surface area contributed by atoms with Crippen molar-refractivity contribution in [2.45, 2.75) is 26.2 Å². The second-order valence-corrected chi connectivity index (χ2v) is 7.38. The molecule has 1 aliphatic heterocycles. The lowest BCUT2D eigenvalue weighted by Crippen LogP contribution is -2.50. The molecule has 1 fully saturated rings. The van der Waals surface area contributed by atoms with Gasteiger partial charge in [-0.1, -0.05) is 0 Å². The van der Waals surface area contributed by atoms with Crippen molar-refractivity contribution in [3.8, 4) is 0 Å². The summed E-state index contributed by atoms with van der Waals surface area (Å²) in [6.45, 7) is 4.70. The van der Waals surface area contributed by atoms with Gasteiger partial charge in [0.25, 0.3) is 5.78 Å². The molecule has 2 aliphatic rings. The van der Waals surface area contributed by atoms with Crippen LogP contribution < -0.4 is 10.2 Å². The van der Waals surface area contributed by atoms with E-state index in [1.54, 1.807) is 9.20 Å². The fourth-order valence-corrected chi connectivity index (χ4v) is 4.13.